The highest BCUT2D eigenvalue weighted by atomic mass is 79.9. The molecule has 21 heavy (non-hydrogen) atoms. The number of rotatable bonds is 4. The Labute approximate surface area is 131 Å². The highest BCUT2D eigenvalue weighted by Gasteiger charge is 2.25. The van der Waals surface area contributed by atoms with Gasteiger partial charge in [-0.3, -0.25) is 4.72 Å². The first-order valence-electron chi connectivity index (χ1n) is 5.31. The van der Waals surface area contributed by atoms with Crippen LogP contribution in [0.1, 0.15) is 5.76 Å². The smallest absolute Gasteiger partial charge is 0.266 e. The largest absolute Gasteiger partial charge is 0.450 e. The third-order valence-corrected chi connectivity index (χ3v) is 4.90. The molecule has 1 heterocycles. The predicted octanol–water partition coefficient (Wildman–Crippen LogP) is 3.27. The molecule has 2 N–H and O–H groups in total. The molecule has 2 aromatic rings. The third kappa shape index (κ3) is 3.37. The molecule has 0 radical (unpaired) electrons. The Morgan fingerprint density at radius 1 is 1.33 bits per heavy atom. The van der Waals surface area contributed by atoms with E-state index in [0.29, 0.717) is 6.07 Å². The van der Waals surface area contributed by atoms with Crippen molar-refractivity contribution in [2.75, 3.05) is 4.72 Å². The molecule has 0 atom stereocenters. The van der Waals surface area contributed by atoms with Crippen molar-refractivity contribution in [3.63, 3.8) is 0 Å². The van der Waals surface area contributed by atoms with E-state index in [1.165, 1.54) is 0 Å². The van der Waals surface area contributed by atoms with Gasteiger partial charge in [0, 0.05) is 12.1 Å². The van der Waals surface area contributed by atoms with Crippen LogP contribution in [-0.2, 0) is 16.6 Å². The lowest BCUT2D eigenvalue weighted by molar-refractivity contribution is 0.245. The SMILES string of the molecule is O=S(=O)(Nc1c(F)cc(F)cc1Cl)c1cc(CO)oc1Br. The molecule has 0 aliphatic rings. The van der Waals surface area contributed by atoms with Gasteiger partial charge >= 0.3 is 0 Å². The molecule has 0 unspecified atom stereocenters. The molecular weight excluding hydrogens is 396 g/mol. The molecule has 1 aromatic heterocycles. The first-order chi connectivity index (χ1) is 9.74. The first kappa shape index (κ1) is 16.2. The molecule has 0 amide bonds. The number of halogens is 4. The number of hydrogen-bond donors (Lipinski definition) is 2. The van der Waals surface area contributed by atoms with Gasteiger partial charge < -0.3 is 9.52 Å². The number of aliphatic hydroxyl groups excluding tert-OH is 1. The average molecular weight is 403 g/mol. The summed E-state index contributed by atoms with van der Waals surface area (Å²) in [6.45, 7) is -0.514. The monoisotopic (exact) mass is 401 g/mol. The highest BCUT2D eigenvalue weighted by Crippen LogP contribution is 2.32. The van der Waals surface area contributed by atoms with Gasteiger partial charge in [0.25, 0.3) is 10.0 Å². The molecule has 1 aromatic carbocycles. The summed E-state index contributed by atoms with van der Waals surface area (Å²) in [6, 6.07) is 2.32. The Morgan fingerprint density at radius 2 is 2.00 bits per heavy atom. The fourth-order valence-corrected chi connectivity index (χ4v) is 3.87. The van der Waals surface area contributed by atoms with Crippen LogP contribution in [0.4, 0.5) is 14.5 Å². The summed E-state index contributed by atoms with van der Waals surface area (Å²) in [5, 5.41) is 8.46. The Bertz CT molecular complexity index is 771. The second-order valence-electron chi connectivity index (χ2n) is 3.86. The number of anilines is 1. The fourth-order valence-electron chi connectivity index (χ4n) is 1.49. The maximum Gasteiger partial charge on any atom is 0.266 e. The van der Waals surface area contributed by atoms with E-state index in [2.05, 4.69) is 15.9 Å². The number of nitrogens with one attached hydrogen (secondary N) is 1. The van der Waals surface area contributed by atoms with Crippen molar-refractivity contribution in [1.29, 1.82) is 0 Å². The molecule has 0 fully saturated rings. The predicted molar refractivity (Wildman–Crippen MR) is 74.5 cm³/mol. The molecule has 0 bridgehead atoms. The molecular formula is C11H7BrClF2NO4S. The summed E-state index contributed by atoms with van der Waals surface area (Å²) < 4.78 is 57.5. The molecule has 10 heteroatoms. The van der Waals surface area contributed by atoms with E-state index in [1.54, 1.807) is 0 Å². The van der Waals surface area contributed by atoms with Crippen LogP contribution in [0.15, 0.2) is 32.2 Å². The summed E-state index contributed by atoms with van der Waals surface area (Å²) in [7, 11) is -4.24. The average Bonchev–Trinajstić information content (AvgIpc) is 2.76. The fraction of sp³-hybridized carbons (Fsp3) is 0.0909. The van der Waals surface area contributed by atoms with Gasteiger partial charge in [-0.25, -0.2) is 17.2 Å². The quantitative estimate of drug-likeness (QED) is 0.823. The molecule has 0 aliphatic heterocycles. The lowest BCUT2D eigenvalue weighted by Gasteiger charge is -2.09. The Balaban J connectivity index is 2.44. The van der Waals surface area contributed by atoms with Crippen molar-refractivity contribution in [3.8, 4) is 0 Å². The van der Waals surface area contributed by atoms with Crippen molar-refractivity contribution in [3.05, 3.63) is 45.3 Å². The van der Waals surface area contributed by atoms with E-state index in [0.717, 1.165) is 12.1 Å². The second kappa shape index (κ2) is 5.91. The summed E-state index contributed by atoms with van der Waals surface area (Å²) in [6.07, 6.45) is 0. The van der Waals surface area contributed by atoms with Gasteiger partial charge in [0.1, 0.15) is 28.8 Å². The van der Waals surface area contributed by atoms with Crippen LogP contribution < -0.4 is 4.72 Å². The number of aliphatic hydroxyl groups is 1. The van der Waals surface area contributed by atoms with E-state index in [-0.39, 0.29) is 15.3 Å². The van der Waals surface area contributed by atoms with Gasteiger partial charge in [-0.1, -0.05) is 11.6 Å². The second-order valence-corrected chi connectivity index (χ2v) is 6.64. The maximum atomic E-state index is 13.6. The van der Waals surface area contributed by atoms with Crippen molar-refractivity contribution in [2.45, 2.75) is 11.5 Å². The highest BCUT2D eigenvalue weighted by molar-refractivity contribution is 9.10. The van der Waals surface area contributed by atoms with Gasteiger partial charge in [0.05, 0.1) is 5.02 Å². The maximum absolute atomic E-state index is 13.6. The standard InChI is InChI=1S/C11H7BrClF2NO4S/c12-11-9(3-6(4-17)20-11)21(18,19)16-10-7(13)1-5(14)2-8(10)15/h1-3,16-17H,4H2. The van der Waals surface area contributed by atoms with Crippen LogP contribution >= 0.6 is 27.5 Å². The van der Waals surface area contributed by atoms with Crippen LogP contribution in [0.5, 0.6) is 0 Å². The lowest BCUT2D eigenvalue weighted by atomic mass is 10.3. The Hall–Kier alpha value is -1.16. The molecule has 2 rings (SSSR count). The molecule has 0 aliphatic carbocycles. The van der Waals surface area contributed by atoms with E-state index in [1.807, 2.05) is 4.72 Å². The molecule has 0 saturated carbocycles. The van der Waals surface area contributed by atoms with Crippen molar-refractivity contribution in [2.24, 2.45) is 0 Å². The van der Waals surface area contributed by atoms with Gasteiger partial charge in [-0.05, 0) is 22.0 Å². The van der Waals surface area contributed by atoms with Crippen LogP contribution in [0, 0.1) is 11.6 Å². The number of sulfonamides is 1. The number of hydrogen-bond acceptors (Lipinski definition) is 4. The first-order valence-corrected chi connectivity index (χ1v) is 7.96. The minimum Gasteiger partial charge on any atom is -0.450 e. The van der Waals surface area contributed by atoms with Crippen molar-refractivity contribution < 1.29 is 26.7 Å². The van der Waals surface area contributed by atoms with E-state index in [4.69, 9.17) is 21.1 Å². The van der Waals surface area contributed by atoms with Gasteiger partial charge in [-0.2, -0.15) is 0 Å². The Morgan fingerprint density at radius 3 is 2.52 bits per heavy atom. The Kier molecular flexibility index (Phi) is 4.57. The minimum absolute atomic E-state index is 0.00655. The normalized spacial score (nSPS) is 11.7. The summed E-state index contributed by atoms with van der Waals surface area (Å²) >= 11 is 8.49. The van der Waals surface area contributed by atoms with Gasteiger partial charge in [0.15, 0.2) is 10.5 Å². The van der Waals surface area contributed by atoms with Gasteiger partial charge in [-0.15, -0.1) is 0 Å². The van der Waals surface area contributed by atoms with Crippen molar-refractivity contribution >= 4 is 43.2 Å². The minimum atomic E-state index is -4.24. The molecule has 114 valence electrons. The van der Waals surface area contributed by atoms with Crippen LogP contribution in [0.25, 0.3) is 0 Å². The van der Waals surface area contributed by atoms with E-state index < -0.39 is 39.0 Å². The summed E-state index contributed by atoms with van der Waals surface area (Å²) in [5.41, 5.74) is -0.586. The zero-order valence-corrected chi connectivity index (χ0v) is 13.2. The summed E-state index contributed by atoms with van der Waals surface area (Å²) in [4.78, 5) is -0.355. The van der Waals surface area contributed by atoms with Crippen LogP contribution in [0.3, 0.4) is 0 Å². The van der Waals surface area contributed by atoms with Crippen molar-refractivity contribution in [1.82, 2.24) is 0 Å². The van der Waals surface area contributed by atoms with Crippen LogP contribution in [0.2, 0.25) is 5.02 Å². The molecule has 5 nitrogen and oxygen atoms in total. The van der Waals surface area contributed by atoms with E-state index in [9.17, 15) is 17.2 Å². The topological polar surface area (TPSA) is 79.5 Å². The van der Waals surface area contributed by atoms with E-state index >= 15 is 0 Å². The zero-order chi connectivity index (χ0) is 15.8. The lowest BCUT2D eigenvalue weighted by Crippen LogP contribution is -2.14. The molecule has 0 spiro atoms. The third-order valence-electron chi connectivity index (χ3n) is 2.40. The zero-order valence-electron chi connectivity index (χ0n) is 10.0. The van der Waals surface area contributed by atoms with Gasteiger partial charge in [0.2, 0.25) is 0 Å². The van der Waals surface area contributed by atoms with Crippen LogP contribution in [-0.4, -0.2) is 13.5 Å². The molecule has 0 saturated heterocycles. The number of benzene rings is 1. The number of furan rings is 1. The summed E-state index contributed by atoms with van der Waals surface area (Å²) in [5.74, 6) is -2.11.